The number of carbonyl (C=O) groups is 1. The molecule has 0 radical (unpaired) electrons. The second-order valence-electron chi connectivity index (χ2n) is 10.7. The normalized spacial score (nSPS) is 26.4. The highest BCUT2D eigenvalue weighted by molar-refractivity contribution is 6.06. The lowest BCUT2D eigenvalue weighted by Crippen LogP contribution is -2.55. The Kier molecular flexibility index (Phi) is 5.36. The Morgan fingerprint density at radius 3 is 2.50 bits per heavy atom. The Labute approximate surface area is 199 Å². The summed E-state index contributed by atoms with van der Waals surface area (Å²) in [5.41, 5.74) is 4.00. The van der Waals surface area contributed by atoms with Gasteiger partial charge in [0, 0.05) is 42.9 Å². The molecule has 2 aliphatic carbocycles. The van der Waals surface area contributed by atoms with Crippen molar-refractivity contribution in [3.05, 3.63) is 65.6 Å². The van der Waals surface area contributed by atoms with E-state index in [4.69, 9.17) is 4.74 Å². The molecule has 1 N–H and O–H groups in total. The van der Waals surface area contributed by atoms with Crippen LogP contribution in [0.1, 0.15) is 48.5 Å². The zero-order chi connectivity index (χ0) is 23.3. The van der Waals surface area contributed by atoms with Crippen molar-refractivity contribution in [2.24, 2.45) is 11.3 Å². The molecule has 3 fully saturated rings. The highest BCUT2D eigenvalue weighted by Crippen LogP contribution is 2.58. The molecule has 1 aliphatic heterocycles. The number of nitrogens with one attached hydrogen (secondary N) is 1. The number of fused-ring (bicyclic) bond motifs is 1. The molecule has 1 spiro atoms. The Hall–Kier alpha value is -2.86. The highest BCUT2D eigenvalue weighted by atomic mass is 19.1. The molecule has 2 saturated carbocycles. The molecule has 3 aromatic rings. The van der Waals surface area contributed by atoms with Crippen LogP contribution in [-0.4, -0.2) is 42.8 Å². The van der Waals surface area contributed by atoms with E-state index in [0.29, 0.717) is 28.4 Å². The number of aromatic nitrogens is 1. The van der Waals surface area contributed by atoms with Crippen molar-refractivity contribution in [1.29, 1.82) is 0 Å². The number of morpholine rings is 1. The summed E-state index contributed by atoms with van der Waals surface area (Å²) < 4.78 is 22.0. The number of hydrogen-bond donors (Lipinski definition) is 1. The third-order valence-electron chi connectivity index (χ3n) is 8.04. The van der Waals surface area contributed by atoms with E-state index in [0.717, 1.165) is 50.6 Å². The van der Waals surface area contributed by atoms with Crippen molar-refractivity contribution in [3.63, 3.8) is 0 Å². The van der Waals surface area contributed by atoms with E-state index in [1.165, 1.54) is 24.6 Å². The van der Waals surface area contributed by atoms with Crippen molar-refractivity contribution in [1.82, 2.24) is 9.88 Å². The van der Waals surface area contributed by atoms with E-state index in [9.17, 15) is 9.18 Å². The minimum absolute atomic E-state index is 0.0974. The Bertz CT molecular complexity index is 1200. The SMILES string of the molecule is CC1CC2(C1)CC(NC(=O)c1ccc(F)c3ccn(Cc4ccc(N5CCOCC5)cc4)c13)C2. The van der Waals surface area contributed by atoms with Gasteiger partial charge in [0.2, 0.25) is 0 Å². The van der Waals surface area contributed by atoms with Gasteiger partial charge in [-0.05, 0) is 72.9 Å². The molecule has 3 aliphatic rings. The van der Waals surface area contributed by atoms with Crippen LogP contribution in [0.3, 0.4) is 0 Å². The maximum absolute atomic E-state index is 14.6. The summed E-state index contributed by atoms with van der Waals surface area (Å²) in [6.07, 6.45) is 6.60. The number of amides is 1. The number of carbonyl (C=O) groups excluding carboxylic acids is 1. The van der Waals surface area contributed by atoms with Crippen LogP contribution in [0.15, 0.2) is 48.7 Å². The van der Waals surface area contributed by atoms with Gasteiger partial charge < -0.3 is 19.5 Å². The Morgan fingerprint density at radius 1 is 1.06 bits per heavy atom. The Morgan fingerprint density at radius 2 is 1.79 bits per heavy atom. The van der Waals surface area contributed by atoms with Crippen molar-refractivity contribution in [2.45, 2.75) is 45.2 Å². The van der Waals surface area contributed by atoms with Gasteiger partial charge in [0.15, 0.2) is 0 Å². The van der Waals surface area contributed by atoms with E-state index in [1.807, 2.05) is 10.8 Å². The van der Waals surface area contributed by atoms with Crippen LogP contribution in [0.2, 0.25) is 0 Å². The fourth-order valence-corrected chi connectivity index (χ4v) is 6.54. The molecule has 0 unspecified atom stereocenters. The van der Waals surface area contributed by atoms with E-state index in [1.54, 1.807) is 12.1 Å². The summed E-state index contributed by atoms with van der Waals surface area (Å²) in [5.74, 6) is 0.429. The molecule has 0 bridgehead atoms. The number of rotatable bonds is 5. The van der Waals surface area contributed by atoms with Crippen LogP contribution in [-0.2, 0) is 11.3 Å². The predicted octanol–water partition coefficient (Wildman–Crippen LogP) is 4.97. The number of ether oxygens (including phenoxy) is 1. The Balaban J connectivity index is 1.20. The van der Waals surface area contributed by atoms with Gasteiger partial charge in [-0.3, -0.25) is 4.79 Å². The molecule has 1 aromatic heterocycles. The number of halogens is 1. The van der Waals surface area contributed by atoms with Crippen LogP contribution < -0.4 is 10.2 Å². The molecule has 2 aromatic carbocycles. The maximum Gasteiger partial charge on any atom is 0.253 e. The summed E-state index contributed by atoms with van der Waals surface area (Å²) in [5, 5.41) is 3.71. The lowest BCUT2D eigenvalue weighted by Gasteiger charge is -2.57. The van der Waals surface area contributed by atoms with Crippen LogP contribution in [0.4, 0.5) is 10.1 Å². The summed E-state index contributed by atoms with van der Waals surface area (Å²) in [6, 6.07) is 13.5. The van der Waals surface area contributed by atoms with Gasteiger partial charge in [-0.1, -0.05) is 19.1 Å². The van der Waals surface area contributed by atoms with E-state index >= 15 is 0 Å². The van der Waals surface area contributed by atoms with Crippen molar-refractivity contribution in [3.8, 4) is 0 Å². The van der Waals surface area contributed by atoms with Crippen LogP contribution in [0, 0.1) is 17.2 Å². The second-order valence-corrected chi connectivity index (χ2v) is 10.7. The monoisotopic (exact) mass is 461 g/mol. The summed E-state index contributed by atoms with van der Waals surface area (Å²) in [6.45, 7) is 6.21. The van der Waals surface area contributed by atoms with Gasteiger partial charge in [-0.2, -0.15) is 0 Å². The molecule has 6 heteroatoms. The molecular weight excluding hydrogens is 429 g/mol. The first-order valence-electron chi connectivity index (χ1n) is 12.5. The fraction of sp³-hybridized carbons (Fsp3) is 0.464. The maximum atomic E-state index is 14.6. The lowest BCUT2D eigenvalue weighted by atomic mass is 9.50. The number of hydrogen-bond acceptors (Lipinski definition) is 3. The zero-order valence-electron chi connectivity index (χ0n) is 19.7. The summed E-state index contributed by atoms with van der Waals surface area (Å²) in [4.78, 5) is 15.5. The second kappa shape index (κ2) is 8.42. The molecule has 178 valence electrons. The molecule has 6 rings (SSSR count). The lowest BCUT2D eigenvalue weighted by molar-refractivity contribution is -0.0399. The van der Waals surface area contributed by atoms with E-state index in [-0.39, 0.29) is 17.8 Å². The van der Waals surface area contributed by atoms with Gasteiger partial charge in [0.05, 0.1) is 24.3 Å². The number of anilines is 1. The van der Waals surface area contributed by atoms with Gasteiger partial charge in [-0.25, -0.2) is 4.39 Å². The van der Waals surface area contributed by atoms with E-state index < -0.39 is 0 Å². The zero-order valence-corrected chi connectivity index (χ0v) is 19.7. The van der Waals surface area contributed by atoms with Crippen LogP contribution in [0.5, 0.6) is 0 Å². The number of benzene rings is 2. The quantitative estimate of drug-likeness (QED) is 0.583. The van der Waals surface area contributed by atoms with E-state index in [2.05, 4.69) is 41.4 Å². The van der Waals surface area contributed by atoms with Gasteiger partial charge in [0.1, 0.15) is 5.82 Å². The average molecular weight is 462 g/mol. The first kappa shape index (κ1) is 21.7. The number of nitrogens with zero attached hydrogens (tertiary/aromatic N) is 2. The first-order chi connectivity index (χ1) is 16.5. The molecule has 0 atom stereocenters. The highest BCUT2D eigenvalue weighted by Gasteiger charge is 2.51. The van der Waals surface area contributed by atoms with Crippen LogP contribution >= 0.6 is 0 Å². The molecule has 34 heavy (non-hydrogen) atoms. The minimum Gasteiger partial charge on any atom is -0.378 e. The van der Waals surface area contributed by atoms with Gasteiger partial charge in [0.25, 0.3) is 5.91 Å². The van der Waals surface area contributed by atoms with Crippen molar-refractivity contribution >= 4 is 22.5 Å². The minimum atomic E-state index is -0.293. The topological polar surface area (TPSA) is 46.5 Å². The summed E-state index contributed by atoms with van der Waals surface area (Å²) >= 11 is 0. The third-order valence-corrected chi connectivity index (χ3v) is 8.04. The van der Waals surface area contributed by atoms with Crippen molar-refractivity contribution in [2.75, 3.05) is 31.2 Å². The fourth-order valence-electron chi connectivity index (χ4n) is 6.54. The van der Waals surface area contributed by atoms with Gasteiger partial charge >= 0.3 is 0 Å². The third kappa shape index (κ3) is 3.88. The standard InChI is InChI=1S/C28H32FN3O2/c1-19-14-28(15-19)16-21(17-28)30-27(33)24-6-7-25(29)23-8-9-32(26(23)24)18-20-2-4-22(5-3-20)31-10-12-34-13-11-31/h2-9,19,21H,10-18H2,1H3,(H,30,33). The molecule has 2 heterocycles. The summed E-state index contributed by atoms with van der Waals surface area (Å²) in [7, 11) is 0. The molecule has 5 nitrogen and oxygen atoms in total. The smallest absolute Gasteiger partial charge is 0.253 e. The van der Waals surface area contributed by atoms with Crippen molar-refractivity contribution < 1.29 is 13.9 Å². The van der Waals surface area contributed by atoms with Gasteiger partial charge in [-0.15, -0.1) is 0 Å². The predicted molar refractivity (Wildman–Crippen MR) is 132 cm³/mol. The largest absolute Gasteiger partial charge is 0.378 e. The first-order valence-corrected chi connectivity index (χ1v) is 12.5. The van der Waals surface area contributed by atoms with Crippen LogP contribution in [0.25, 0.3) is 10.9 Å². The molecular formula is C28H32FN3O2. The average Bonchev–Trinajstić information content (AvgIpc) is 3.22. The molecule has 1 amide bonds. The molecule has 1 saturated heterocycles.